The highest BCUT2D eigenvalue weighted by Gasteiger charge is 2.01. The molecule has 0 amide bonds. The number of rotatable bonds is 14. The number of unbranched alkanes of at least 4 members (excludes halogenated alkanes) is 4. The molecule has 0 aliphatic rings. The molecule has 0 aromatic heterocycles. The number of hydrogen-bond acceptors (Lipinski definition) is 2. The monoisotopic (exact) mass is 348 g/mol. The number of esters is 1. The van der Waals surface area contributed by atoms with E-state index >= 15 is 0 Å². The first-order valence-electron chi connectivity index (χ1n) is 10.1. The second-order valence-corrected chi connectivity index (χ2v) is 7.31. The van der Waals surface area contributed by atoms with Gasteiger partial charge in [-0.2, -0.15) is 0 Å². The second-order valence-electron chi connectivity index (χ2n) is 7.31. The minimum atomic E-state index is -0.0597. The van der Waals surface area contributed by atoms with E-state index in [2.05, 4.69) is 46.8 Å². The van der Waals surface area contributed by atoms with Crippen molar-refractivity contribution in [1.29, 1.82) is 0 Å². The maximum Gasteiger partial charge on any atom is 0.306 e. The van der Waals surface area contributed by atoms with Gasteiger partial charge < -0.3 is 4.74 Å². The highest BCUT2D eigenvalue weighted by Crippen LogP contribution is 2.11. The van der Waals surface area contributed by atoms with Crippen LogP contribution in [0.3, 0.4) is 0 Å². The molecule has 25 heavy (non-hydrogen) atoms. The molecule has 0 aliphatic carbocycles. The Hall–Kier alpha value is -1.31. The Labute approximate surface area is 156 Å². The summed E-state index contributed by atoms with van der Waals surface area (Å²) in [7, 11) is 0. The topological polar surface area (TPSA) is 26.3 Å². The van der Waals surface area contributed by atoms with E-state index in [1.165, 1.54) is 36.0 Å². The molecule has 0 radical (unpaired) electrons. The van der Waals surface area contributed by atoms with Crippen molar-refractivity contribution in [1.82, 2.24) is 0 Å². The molecule has 0 aliphatic heterocycles. The molecular formula is C23H40O2. The molecule has 0 saturated carbocycles. The van der Waals surface area contributed by atoms with Crippen LogP contribution in [0.4, 0.5) is 0 Å². The summed E-state index contributed by atoms with van der Waals surface area (Å²) in [5, 5.41) is 0. The van der Waals surface area contributed by atoms with Crippen LogP contribution in [-0.4, -0.2) is 12.6 Å². The van der Waals surface area contributed by atoms with Gasteiger partial charge in [0.15, 0.2) is 0 Å². The predicted molar refractivity (Wildman–Crippen MR) is 110 cm³/mol. The van der Waals surface area contributed by atoms with E-state index in [1.807, 2.05) is 6.08 Å². The molecule has 2 heteroatoms. The van der Waals surface area contributed by atoms with Gasteiger partial charge in [0, 0.05) is 6.42 Å². The average Bonchev–Trinajstić information content (AvgIpc) is 2.54. The van der Waals surface area contributed by atoms with E-state index in [4.69, 9.17) is 4.74 Å². The fraction of sp³-hybridized carbons (Fsp3) is 0.696. The zero-order valence-corrected chi connectivity index (χ0v) is 17.3. The van der Waals surface area contributed by atoms with Crippen molar-refractivity contribution >= 4 is 5.97 Å². The van der Waals surface area contributed by atoms with Crippen molar-refractivity contribution in [2.75, 3.05) is 6.61 Å². The van der Waals surface area contributed by atoms with Gasteiger partial charge in [0.05, 0.1) is 0 Å². The van der Waals surface area contributed by atoms with Gasteiger partial charge in [-0.15, -0.1) is 0 Å². The van der Waals surface area contributed by atoms with E-state index in [-0.39, 0.29) is 5.97 Å². The average molecular weight is 349 g/mol. The highest BCUT2D eigenvalue weighted by atomic mass is 16.5. The third-order valence-electron chi connectivity index (χ3n) is 4.28. The lowest BCUT2D eigenvalue weighted by molar-refractivity contribution is -0.142. The van der Waals surface area contributed by atoms with Crippen molar-refractivity contribution in [2.45, 2.75) is 98.8 Å². The minimum absolute atomic E-state index is 0.0597. The molecule has 0 saturated heterocycles. The Kier molecular flexibility index (Phi) is 15.3. The number of carbonyl (C=O) groups excluding carboxylic acids is 1. The normalized spacial score (nSPS) is 12.2. The van der Waals surface area contributed by atoms with Gasteiger partial charge in [0.1, 0.15) is 6.61 Å². The van der Waals surface area contributed by atoms with E-state index in [0.29, 0.717) is 13.0 Å². The van der Waals surface area contributed by atoms with Crippen molar-refractivity contribution < 1.29 is 9.53 Å². The van der Waals surface area contributed by atoms with Crippen molar-refractivity contribution in [3.63, 3.8) is 0 Å². The maximum absolute atomic E-state index is 11.6. The molecule has 0 spiro atoms. The van der Waals surface area contributed by atoms with Crippen LogP contribution in [0.5, 0.6) is 0 Å². The third-order valence-corrected chi connectivity index (χ3v) is 4.28. The molecule has 0 aromatic carbocycles. The van der Waals surface area contributed by atoms with Crippen molar-refractivity contribution in [2.24, 2.45) is 0 Å². The summed E-state index contributed by atoms with van der Waals surface area (Å²) < 4.78 is 5.28. The first-order valence-corrected chi connectivity index (χ1v) is 10.1. The highest BCUT2D eigenvalue weighted by molar-refractivity contribution is 5.69. The van der Waals surface area contributed by atoms with Crippen molar-refractivity contribution in [3.05, 3.63) is 34.9 Å². The Morgan fingerprint density at radius 1 is 0.760 bits per heavy atom. The lowest BCUT2D eigenvalue weighted by Gasteiger charge is -2.04. The number of allylic oxidation sites excluding steroid dienone is 5. The molecular weight excluding hydrogens is 308 g/mol. The van der Waals surface area contributed by atoms with Crippen LogP contribution in [0.15, 0.2) is 34.9 Å². The Morgan fingerprint density at radius 2 is 1.36 bits per heavy atom. The summed E-state index contributed by atoms with van der Waals surface area (Å²) in [6.45, 7) is 11.2. The van der Waals surface area contributed by atoms with Crippen LogP contribution < -0.4 is 0 Å². The van der Waals surface area contributed by atoms with E-state index in [1.54, 1.807) is 0 Å². The number of hydrogen-bond donors (Lipinski definition) is 0. The first kappa shape index (κ1) is 23.7. The van der Waals surface area contributed by atoms with E-state index < -0.39 is 0 Å². The van der Waals surface area contributed by atoms with Gasteiger partial charge in [-0.05, 0) is 65.9 Å². The van der Waals surface area contributed by atoms with Crippen molar-refractivity contribution in [3.8, 4) is 0 Å². The summed E-state index contributed by atoms with van der Waals surface area (Å²) in [6, 6.07) is 0. The van der Waals surface area contributed by atoms with Crippen LogP contribution in [0.2, 0.25) is 0 Å². The van der Waals surface area contributed by atoms with Gasteiger partial charge in [-0.25, -0.2) is 0 Å². The summed E-state index contributed by atoms with van der Waals surface area (Å²) in [5.74, 6) is -0.0597. The molecule has 0 N–H and O–H groups in total. The van der Waals surface area contributed by atoms with Crippen LogP contribution in [-0.2, 0) is 9.53 Å². The number of ether oxygens (including phenoxy) is 1. The predicted octanol–water partition coefficient (Wildman–Crippen LogP) is 7.31. The lowest BCUT2D eigenvalue weighted by Crippen LogP contribution is -2.04. The molecule has 2 nitrogen and oxygen atoms in total. The molecule has 0 unspecified atom stereocenters. The van der Waals surface area contributed by atoms with Gasteiger partial charge in [0.2, 0.25) is 0 Å². The largest absolute Gasteiger partial charge is 0.461 e. The molecule has 0 aromatic rings. The zero-order chi connectivity index (χ0) is 18.9. The fourth-order valence-electron chi connectivity index (χ4n) is 2.56. The second kappa shape index (κ2) is 16.2. The van der Waals surface area contributed by atoms with Gasteiger partial charge >= 0.3 is 5.97 Å². The first-order chi connectivity index (χ1) is 12.0. The van der Waals surface area contributed by atoms with Crippen LogP contribution in [0, 0.1) is 0 Å². The summed E-state index contributed by atoms with van der Waals surface area (Å²) in [4.78, 5) is 11.6. The fourth-order valence-corrected chi connectivity index (χ4v) is 2.56. The summed E-state index contributed by atoms with van der Waals surface area (Å²) in [5.41, 5.74) is 4.14. The van der Waals surface area contributed by atoms with Gasteiger partial charge in [-0.1, -0.05) is 61.5 Å². The van der Waals surface area contributed by atoms with Gasteiger partial charge in [-0.3, -0.25) is 4.79 Å². The van der Waals surface area contributed by atoms with E-state index in [9.17, 15) is 4.79 Å². The quantitative estimate of drug-likeness (QED) is 0.187. The Balaban J connectivity index is 3.80. The third kappa shape index (κ3) is 17.3. The van der Waals surface area contributed by atoms with E-state index in [0.717, 1.165) is 38.5 Å². The molecule has 0 rings (SSSR count). The Bertz CT molecular complexity index is 437. The van der Waals surface area contributed by atoms with Crippen LogP contribution in [0.25, 0.3) is 0 Å². The van der Waals surface area contributed by atoms with Crippen LogP contribution >= 0.6 is 0 Å². The Morgan fingerprint density at radius 3 is 2.00 bits per heavy atom. The smallest absolute Gasteiger partial charge is 0.306 e. The maximum atomic E-state index is 11.6. The zero-order valence-electron chi connectivity index (χ0n) is 17.3. The summed E-state index contributed by atoms with van der Waals surface area (Å²) in [6.07, 6.45) is 17.4. The molecule has 144 valence electrons. The standard InChI is InChI=1S/C23H40O2/c1-6-7-8-9-10-17-23(24)25-19-18-22(5)16-12-15-21(4)14-11-13-20(2)3/h13,15,18H,6-12,14,16-17,19H2,1-5H3/b21-15-,22-18-. The molecule has 0 atom stereocenters. The lowest BCUT2D eigenvalue weighted by atomic mass is 10.1. The summed E-state index contributed by atoms with van der Waals surface area (Å²) >= 11 is 0. The molecule has 0 fully saturated rings. The SMILES string of the molecule is CCCCCCCC(=O)OC/C=C(/C)CC/C=C(/C)CCC=C(C)C. The number of carbonyl (C=O) groups is 1. The minimum Gasteiger partial charge on any atom is -0.461 e. The van der Waals surface area contributed by atoms with Crippen LogP contribution in [0.1, 0.15) is 98.8 Å². The molecule has 0 heterocycles. The molecule has 0 bridgehead atoms. The van der Waals surface area contributed by atoms with Gasteiger partial charge in [0.25, 0.3) is 0 Å².